The third-order valence-electron chi connectivity index (χ3n) is 3.39. The second-order valence-electron chi connectivity index (χ2n) is 4.79. The van der Waals surface area contributed by atoms with Gasteiger partial charge < -0.3 is 10.0 Å². The van der Waals surface area contributed by atoms with Gasteiger partial charge in [-0.3, -0.25) is 14.7 Å². The van der Waals surface area contributed by atoms with Crippen LogP contribution in [0.4, 0.5) is 13.2 Å². The van der Waals surface area contributed by atoms with Crippen molar-refractivity contribution < 1.29 is 23.1 Å². The van der Waals surface area contributed by atoms with Gasteiger partial charge in [-0.05, 0) is 12.1 Å². The molecule has 0 aromatic carbocycles. The number of rotatable bonds is 3. The van der Waals surface area contributed by atoms with Crippen LogP contribution in [0, 0.1) is 0 Å². The Morgan fingerprint density at radius 3 is 2.38 bits per heavy atom. The van der Waals surface area contributed by atoms with E-state index in [1.165, 1.54) is 0 Å². The zero-order valence-corrected chi connectivity index (χ0v) is 11.3. The number of β-amino-alcohol motifs (C(OH)–C–C–N with tert-alkyl or cyclic N) is 1. The predicted octanol–water partition coefficient (Wildman–Crippen LogP) is 0.850. The summed E-state index contributed by atoms with van der Waals surface area (Å²) in [5.74, 6) is -0.368. The number of aromatic nitrogens is 1. The van der Waals surface area contributed by atoms with E-state index in [2.05, 4.69) is 4.98 Å². The van der Waals surface area contributed by atoms with Gasteiger partial charge in [0.2, 0.25) is 0 Å². The van der Waals surface area contributed by atoms with Gasteiger partial charge in [-0.25, -0.2) is 0 Å². The van der Waals surface area contributed by atoms with E-state index in [4.69, 9.17) is 5.11 Å². The number of amides is 1. The molecule has 1 aliphatic heterocycles. The van der Waals surface area contributed by atoms with Crippen molar-refractivity contribution in [3.63, 3.8) is 0 Å². The van der Waals surface area contributed by atoms with E-state index >= 15 is 0 Å². The molecule has 0 aliphatic carbocycles. The highest BCUT2D eigenvalue weighted by molar-refractivity contribution is 5.92. The highest BCUT2D eigenvalue weighted by Crippen LogP contribution is 2.28. The lowest BCUT2D eigenvalue weighted by Crippen LogP contribution is -2.49. The Bertz CT molecular complexity index is 482. The minimum Gasteiger partial charge on any atom is -0.395 e. The molecule has 116 valence electrons. The largest absolute Gasteiger partial charge is 0.417 e. The maximum absolute atomic E-state index is 12.4. The Balaban J connectivity index is 1.98. The fraction of sp³-hybridized carbons (Fsp3) is 0.538. The fourth-order valence-corrected chi connectivity index (χ4v) is 2.17. The first-order valence-electron chi connectivity index (χ1n) is 6.57. The molecule has 1 fully saturated rings. The molecule has 0 spiro atoms. The van der Waals surface area contributed by atoms with E-state index < -0.39 is 11.7 Å². The number of carbonyl (C=O) groups is 1. The van der Waals surface area contributed by atoms with Gasteiger partial charge in [0.25, 0.3) is 5.91 Å². The number of aliphatic hydroxyl groups excluding tert-OH is 1. The first kappa shape index (κ1) is 15.7. The number of carbonyl (C=O) groups excluding carboxylic acids is 1. The van der Waals surface area contributed by atoms with Gasteiger partial charge in [0.05, 0.1) is 12.2 Å². The van der Waals surface area contributed by atoms with Gasteiger partial charge in [0.1, 0.15) is 5.69 Å². The van der Waals surface area contributed by atoms with Crippen LogP contribution in [0.15, 0.2) is 18.3 Å². The quantitative estimate of drug-likeness (QED) is 0.899. The molecule has 0 unspecified atom stereocenters. The smallest absolute Gasteiger partial charge is 0.395 e. The number of pyridine rings is 1. The molecule has 1 aromatic heterocycles. The molecule has 0 bridgehead atoms. The summed E-state index contributed by atoms with van der Waals surface area (Å²) < 4.78 is 37.3. The summed E-state index contributed by atoms with van der Waals surface area (Å²) in [4.78, 5) is 19.3. The van der Waals surface area contributed by atoms with Crippen molar-refractivity contribution in [2.24, 2.45) is 0 Å². The predicted molar refractivity (Wildman–Crippen MR) is 68.7 cm³/mol. The van der Waals surface area contributed by atoms with Crippen LogP contribution in [0.5, 0.6) is 0 Å². The topological polar surface area (TPSA) is 56.7 Å². The molecular weight excluding hydrogens is 287 g/mol. The first-order valence-corrected chi connectivity index (χ1v) is 6.57. The van der Waals surface area contributed by atoms with Crippen LogP contribution >= 0.6 is 0 Å². The van der Waals surface area contributed by atoms with Gasteiger partial charge in [0, 0.05) is 38.9 Å². The third-order valence-corrected chi connectivity index (χ3v) is 3.39. The monoisotopic (exact) mass is 303 g/mol. The van der Waals surface area contributed by atoms with Crippen molar-refractivity contribution in [2.75, 3.05) is 39.3 Å². The molecule has 0 radical (unpaired) electrons. The molecule has 0 saturated carbocycles. The van der Waals surface area contributed by atoms with E-state index in [9.17, 15) is 18.0 Å². The van der Waals surface area contributed by atoms with Crippen molar-refractivity contribution in [3.05, 3.63) is 29.6 Å². The molecule has 8 heteroatoms. The van der Waals surface area contributed by atoms with Crippen LogP contribution in [0.2, 0.25) is 0 Å². The van der Waals surface area contributed by atoms with Crippen molar-refractivity contribution in [2.45, 2.75) is 6.18 Å². The Labute approximate surface area is 120 Å². The van der Waals surface area contributed by atoms with E-state index in [1.54, 1.807) is 4.90 Å². The van der Waals surface area contributed by atoms with Crippen molar-refractivity contribution in [1.29, 1.82) is 0 Å². The van der Waals surface area contributed by atoms with Crippen LogP contribution in [-0.4, -0.2) is 65.1 Å². The Kier molecular flexibility index (Phi) is 4.79. The van der Waals surface area contributed by atoms with Crippen LogP contribution in [0.3, 0.4) is 0 Å². The minimum atomic E-state index is -4.45. The first-order chi connectivity index (χ1) is 9.91. The lowest BCUT2D eigenvalue weighted by Gasteiger charge is -2.34. The molecule has 0 atom stereocenters. The fourth-order valence-electron chi connectivity index (χ4n) is 2.17. The van der Waals surface area contributed by atoms with E-state index in [0.717, 1.165) is 12.1 Å². The van der Waals surface area contributed by atoms with Crippen molar-refractivity contribution in [1.82, 2.24) is 14.8 Å². The van der Waals surface area contributed by atoms with Crippen molar-refractivity contribution in [3.8, 4) is 0 Å². The highest BCUT2D eigenvalue weighted by atomic mass is 19.4. The second kappa shape index (κ2) is 6.40. The highest BCUT2D eigenvalue weighted by Gasteiger charge is 2.31. The van der Waals surface area contributed by atoms with E-state index in [-0.39, 0.29) is 18.2 Å². The van der Waals surface area contributed by atoms with Gasteiger partial charge in [0.15, 0.2) is 0 Å². The molecule has 1 aromatic rings. The van der Waals surface area contributed by atoms with Gasteiger partial charge in [-0.15, -0.1) is 0 Å². The van der Waals surface area contributed by atoms with Crippen LogP contribution in [0.1, 0.15) is 16.1 Å². The lowest BCUT2D eigenvalue weighted by atomic mass is 10.2. The zero-order valence-electron chi connectivity index (χ0n) is 11.3. The Hall–Kier alpha value is -1.67. The number of alkyl halides is 3. The molecular formula is C13H16F3N3O2. The summed E-state index contributed by atoms with van der Waals surface area (Å²) in [5, 5.41) is 8.84. The van der Waals surface area contributed by atoms with Crippen LogP contribution in [-0.2, 0) is 6.18 Å². The molecule has 21 heavy (non-hydrogen) atoms. The van der Waals surface area contributed by atoms with Crippen LogP contribution < -0.4 is 0 Å². The molecule has 1 amide bonds. The second-order valence-corrected chi connectivity index (χ2v) is 4.79. The lowest BCUT2D eigenvalue weighted by molar-refractivity contribution is -0.137. The number of hydrogen-bond acceptors (Lipinski definition) is 4. The SMILES string of the molecule is O=C(c1ccc(C(F)(F)F)cn1)N1CCN(CCO)CC1. The minimum absolute atomic E-state index is 0.0126. The average molecular weight is 303 g/mol. The summed E-state index contributed by atoms with van der Waals surface area (Å²) in [7, 11) is 0. The normalized spacial score (nSPS) is 17.0. The average Bonchev–Trinajstić information content (AvgIpc) is 2.47. The molecule has 1 saturated heterocycles. The standard InChI is InChI=1S/C13H16F3N3O2/c14-13(15,16)10-1-2-11(17-9-10)12(21)19-5-3-18(4-6-19)7-8-20/h1-2,9,20H,3-8H2. The Morgan fingerprint density at radius 2 is 1.90 bits per heavy atom. The summed E-state index contributed by atoms with van der Waals surface area (Å²) in [6, 6.07) is 1.97. The van der Waals surface area contributed by atoms with Crippen molar-refractivity contribution >= 4 is 5.91 Å². The number of aliphatic hydroxyl groups is 1. The maximum Gasteiger partial charge on any atom is 0.417 e. The third kappa shape index (κ3) is 3.92. The Morgan fingerprint density at radius 1 is 1.24 bits per heavy atom. The molecule has 1 aliphatic rings. The van der Waals surface area contributed by atoms with Crippen LogP contribution in [0.25, 0.3) is 0 Å². The van der Waals surface area contributed by atoms with Gasteiger partial charge in [-0.1, -0.05) is 0 Å². The maximum atomic E-state index is 12.4. The summed E-state index contributed by atoms with van der Waals surface area (Å²) in [6.07, 6.45) is -3.78. The molecule has 5 nitrogen and oxygen atoms in total. The number of piperazine rings is 1. The number of halogens is 3. The molecule has 2 heterocycles. The van der Waals surface area contributed by atoms with Gasteiger partial charge in [-0.2, -0.15) is 13.2 Å². The molecule has 2 rings (SSSR count). The zero-order chi connectivity index (χ0) is 15.5. The van der Waals surface area contributed by atoms with E-state index in [0.29, 0.717) is 38.9 Å². The molecule has 1 N–H and O–H groups in total. The summed E-state index contributed by atoms with van der Waals surface area (Å²) in [6.45, 7) is 2.83. The summed E-state index contributed by atoms with van der Waals surface area (Å²) in [5.41, 5.74) is -0.856. The number of hydrogen-bond donors (Lipinski definition) is 1. The number of nitrogens with zero attached hydrogens (tertiary/aromatic N) is 3. The summed E-state index contributed by atoms with van der Waals surface area (Å²) >= 11 is 0. The van der Waals surface area contributed by atoms with E-state index in [1.807, 2.05) is 4.90 Å². The van der Waals surface area contributed by atoms with Gasteiger partial charge >= 0.3 is 6.18 Å².